The second-order valence-corrected chi connectivity index (χ2v) is 5.50. The molecular formula is C15H28N2O2. The van der Waals surface area contributed by atoms with E-state index in [4.69, 9.17) is 0 Å². The highest BCUT2D eigenvalue weighted by Crippen LogP contribution is 2.22. The minimum Gasteiger partial charge on any atom is -0.355 e. The molecule has 1 aliphatic carbocycles. The first kappa shape index (κ1) is 16.0. The highest BCUT2D eigenvalue weighted by Gasteiger charge is 2.24. The summed E-state index contributed by atoms with van der Waals surface area (Å²) in [7, 11) is 0. The molecule has 0 aliphatic heterocycles. The van der Waals surface area contributed by atoms with Gasteiger partial charge in [0.25, 0.3) is 0 Å². The van der Waals surface area contributed by atoms with Gasteiger partial charge >= 0.3 is 0 Å². The fraction of sp³-hybridized carbons (Fsp3) is 0.867. The first-order chi connectivity index (χ1) is 9.15. The van der Waals surface area contributed by atoms with Crippen molar-refractivity contribution in [1.29, 1.82) is 0 Å². The standard InChI is InChI=1S/C15H28N2O2/c1-3-4-8-11-16-15(19)12-17(13(2)18)14-9-6-5-7-10-14/h14H,3-12H2,1-2H3,(H,16,19). The molecule has 4 heteroatoms. The van der Waals surface area contributed by atoms with Gasteiger partial charge in [0.1, 0.15) is 0 Å². The molecule has 1 aliphatic rings. The molecule has 0 radical (unpaired) electrons. The van der Waals surface area contributed by atoms with Gasteiger partial charge < -0.3 is 10.2 Å². The van der Waals surface area contributed by atoms with Crippen molar-refractivity contribution >= 4 is 11.8 Å². The average Bonchev–Trinajstić information content (AvgIpc) is 2.41. The zero-order valence-electron chi connectivity index (χ0n) is 12.4. The summed E-state index contributed by atoms with van der Waals surface area (Å²) in [5, 5.41) is 2.91. The van der Waals surface area contributed by atoms with Crippen LogP contribution < -0.4 is 5.32 Å². The molecule has 0 atom stereocenters. The molecule has 1 fully saturated rings. The zero-order chi connectivity index (χ0) is 14.1. The van der Waals surface area contributed by atoms with Gasteiger partial charge in [-0.1, -0.05) is 39.0 Å². The Bertz CT molecular complexity index is 286. The van der Waals surface area contributed by atoms with Crippen LogP contribution >= 0.6 is 0 Å². The molecule has 0 unspecified atom stereocenters. The Labute approximate surface area is 116 Å². The van der Waals surface area contributed by atoms with E-state index in [0.717, 1.165) is 38.6 Å². The predicted octanol–water partition coefficient (Wildman–Crippen LogP) is 2.47. The van der Waals surface area contributed by atoms with E-state index < -0.39 is 0 Å². The van der Waals surface area contributed by atoms with Crippen LogP contribution in [0.1, 0.15) is 65.2 Å². The summed E-state index contributed by atoms with van der Waals surface area (Å²) < 4.78 is 0. The Balaban J connectivity index is 2.35. The van der Waals surface area contributed by atoms with E-state index in [9.17, 15) is 9.59 Å². The average molecular weight is 268 g/mol. The van der Waals surface area contributed by atoms with Crippen molar-refractivity contribution in [3.05, 3.63) is 0 Å². The predicted molar refractivity (Wildman–Crippen MR) is 76.8 cm³/mol. The molecular weight excluding hydrogens is 240 g/mol. The Morgan fingerprint density at radius 2 is 1.84 bits per heavy atom. The van der Waals surface area contributed by atoms with Crippen LogP contribution in [0.4, 0.5) is 0 Å². The van der Waals surface area contributed by atoms with Crippen molar-refractivity contribution in [3.63, 3.8) is 0 Å². The van der Waals surface area contributed by atoms with Crippen LogP contribution in [0.15, 0.2) is 0 Å². The molecule has 0 saturated heterocycles. The van der Waals surface area contributed by atoms with Crippen LogP contribution in [-0.4, -0.2) is 35.8 Å². The van der Waals surface area contributed by atoms with Gasteiger partial charge in [-0.25, -0.2) is 0 Å². The maximum absolute atomic E-state index is 11.9. The van der Waals surface area contributed by atoms with Crippen molar-refractivity contribution in [1.82, 2.24) is 10.2 Å². The molecule has 0 aromatic rings. The molecule has 0 aromatic carbocycles. The maximum atomic E-state index is 11.9. The highest BCUT2D eigenvalue weighted by molar-refractivity contribution is 5.83. The molecule has 1 saturated carbocycles. The third-order valence-corrected chi connectivity index (χ3v) is 3.84. The minimum atomic E-state index is -0.0168. The van der Waals surface area contributed by atoms with Crippen LogP contribution in [-0.2, 0) is 9.59 Å². The van der Waals surface area contributed by atoms with Gasteiger partial charge in [-0.2, -0.15) is 0 Å². The normalized spacial score (nSPS) is 16.1. The highest BCUT2D eigenvalue weighted by atomic mass is 16.2. The number of nitrogens with zero attached hydrogens (tertiary/aromatic N) is 1. The van der Waals surface area contributed by atoms with Crippen LogP contribution in [0, 0.1) is 0 Å². The third-order valence-electron chi connectivity index (χ3n) is 3.84. The van der Waals surface area contributed by atoms with Crippen molar-refractivity contribution in [2.45, 2.75) is 71.3 Å². The Kier molecular flexibility index (Phi) is 7.53. The van der Waals surface area contributed by atoms with Crippen LogP contribution in [0.2, 0.25) is 0 Å². The van der Waals surface area contributed by atoms with Crippen LogP contribution in [0.5, 0.6) is 0 Å². The lowest BCUT2D eigenvalue weighted by atomic mass is 9.94. The maximum Gasteiger partial charge on any atom is 0.239 e. The third kappa shape index (κ3) is 6.08. The number of hydrogen-bond donors (Lipinski definition) is 1. The lowest BCUT2D eigenvalue weighted by molar-refractivity contribution is -0.137. The van der Waals surface area contributed by atoms with E-state index in [-0.39, 0.29) is 24.4 Å². The second kappa shape index (κ2) is 8.94. The number of unbranched alkanes of at least 4 members (excludes halogenated alkanes) is 2. The van der Waals surface area contributed by atoms with Gasteiger partial charge in [-0.3, -0.25) is 9.59 Å². The summed E-state index contributed by atoms with van der Waals surface area (Å²) in [4.78, 5) is 25.3. The van der Waals surface area contributed by atoms with E-state index in [1.165, 1.54) is 19.3 Å². The SMILES string of the molecule is CCCCCNC(=O)CN(C(C)=O)C1CCCCC1. The van der Waals surface area contributed by atoms with Gasteiger partial charge in [-0.15, -0.1) is 0 Å². The summed E-state index contributed by atoms with van der Waals surface area (Å²) >= 11 is 0. The molecule has 0 bridgehead atoms. The topological polar surface area (TPSA) is 49.4 Å². The molecule has 110 valence electrons. The lowest BCUT2D eigenvalue weighted by Crippen LogP contribution is -2.46. The van der Waals surface area contributed by atoms with Crippen LogP contribution in [0.25, 0.3) is 0 Å². The largest absolute Gasteiger partial charge is 0.355 e. The number of carbonyl (C=O) groups excluding carboxylic acids is 2. The van der Waals surface area contributed by atoms with E-state index in [1.54, 1.807) is 11.8 Å². The number of rotatable bonds is 7. The van der Waals surface area contributed by atoms with Crippen LogP contribution in [0.3, 0.4) is 0 Å². The fourth-order valence-electron chi connectivity index (χ4n) is 2.70. The fourth-order valence-corrected chi connectivity index (χ4v) is 2.70. The molecule has 0 spiro atoms. The van der Waals surface area contributed by atoms with Crippen molar-refractivity contribution in [2.24, 2.45) is 0 Å². The number of nitrogens with one attached hydrogen (secondary N) is 1. The molecule has 4 nitrogen and oxygen atoms in total. The van der Waals surface area contributed by atoms with Crippen molar-refractivity contribution in [3.8, 4) is 0 Å². The van der Waals surface area contributed by atoms with Gasteiger partial charge in [0.2, 0.25) is 11.8 Å². The summed E-state index contributed by atoms with van der Waals surface area (Å²) in [6.45, 7) is 4.66. The molecule has 2 amide bonds. The molecule has 1 rings (SSSR count). The number of amides is 2. The monoisotopic (exact) mass is 268 g/mol. The quantitative estimate of drug-likeness (QED) is 0.721. The van der Waals surface area contributed by atoms with E-state index in [1.807, 2.05) is 0 Å². The van der Waals surface area contributed by atoms with Crippen molar-refractivity contribution in [2.75, 3.05) is 13.1 Å². The van der Waals surface area contributed by atoms with Gasteiger partial charge in [0.15, 0.2) is 0 Å². The molecule has 1 N–H and O–H groups in total. The number of carbonyl (C=O) groups is 2. The Morgan fingerprint density at radius 1 is 1.16 bits per heavy atom. The minimum absolute atomic E-state index is 0.0168. The van der Waals surface area contributed by atoms with Crippen molar-refractivity contribution < 1.29 is 9.59 Å². The Morgan fingerprint density at radius 3 is 2.42 bits per heavy atom. The smallest absolute Gasteiger partial charge is 0.239 e. The second-order valence-electron chi connectivity index (χ2n) is 5.50. The lowest BCUT2D eigenvalue weighted by Gasteiger charge is -2.33. The molecule has 19 heavy (non-hydrogen) atoms. The summed E-state index contributed by atoms with van der Waals surface area (Å²) in [5.74, 6) is 0.00693. The van der Waals surface area contributed by atoms with E-state index in [0.29, 0.717) is 0 Å². The Hall–Kier alpha value is -1.06. The summed E-state index contributed by atoms with van der Waals surface area (Å²) in [5.41, 5.74) is 0. The first-order valence-electron chi connectivity index (χ1n) is 7.69. The van der Waals surface area contributed by atoms with Gasteiger partial charge in [-0.05, 0) is 19.3 Å². The van der Waals surface area contributed by atoms with E-state index >= 15 is 0 Å². The molecule has 0 heterocycles. The first-order valence-corrected chi connectivity index (χ1v) is 7.69. The molecule has 0 aromatic heterocycles. The van der Waals surface area contributed by atoms with E-state index in [2.05, 4.69) is 12.2 Å². The zero-order valence-corrected chi connectivity index (χ0v) is 12.4. The number of hydrogen-bond acceptors (Lipinski definition) is 2. The van der Waals surface area contributed by atoms with Gasteiger partial charge in [0.05, 0.1) is 6.54 Å². The summed E-state index contributed by atoms with van der Waals surface area (Å²) in [6.07, 6.45) is 9.00. The van der Waals surface area contributed by atoms with Gasteiger partial charge in [0, 0.05) is 19.5 Å². The summed E-state index contributed by atoms with van der Waals surface area (Å²) in [6, 6.07) is 0.271.